The zero-order chi connectivity index (χ0) is 27.1. The summed E-state index contributed by atoms with van der Waals surface area (Å²) in [6.07, 6.45) is 2.53. The second-order valence-electron chi connectivity index (χ2n) is 8.69. The van der Waals surface area contributed by atoms with Gasteiger partial charge in [0, 0.05) is 31.5 Å². The minimum Gasteiger partial charge on any atom is -0.353 e. The molecule has 8 nitrogen and oxygen atoms in total. The number of hydrogen-bond donors (Lipinski definition) is 2. The summed E-state index contributed by atoms with van der Waals surface area (Å²) in [7, 11) is 3.13. The largest absolute Gasteiger partial charge is 0.353 e. The monoisotopic (exact) mass is 540 g/mol. The van der Waals surface area contributed by atoms with E-state index in [9.17, 15) is 9.59 Å². The van der Waals surface area contributed by atoms with Crippen molar-refractivity contribution in [1.29, 1.82) is 0 Å². The Hall–Kier alpha value is -3.62. The van der Waals surface area contributed by atoms with Gasteiger partial charge in [0.2, 0.25) is 0 Å². The SMILES string of the molecule is CC(C)c1ccc(Nc2cc(=O)n(C)nc2Cl)cc1.CCc1ccc(Nc2cnn(C)c(=O)c2Cl)cc1. The molecule has 0 saturated heterocycles. The number of nitrogens with zero attached hydrogens (tertiary/aromatic N) is 4. The lowest BCUT2D eigenvalue weighted by Gasteiger charge is -2.10. The Kier molecular flexibility index (Phi) is 9.49. The van der Waals surface area contributed by atoms with Crippen LogP contribution in [0, 0.1) is 0 Å². The highest BCUT2D eigenvalue weighted by Gasteiger charge is 2.08. The van der Waals surface area contributed by atoms with Crippen LogP contribution in [0.4, 0.5) is 22.7 Å². The van der Waals surface area contributed by atoms with Crippen LogP contribution < -0.4 is 21.8 Å². The minimum atomic E-state index is -0.313. The van der Waals surface area contributed by atoms with E-state index in [2.05, 4.69) is 53.7 Å². The van der Waals surface area contributed by atoms with Gasteiger partial charge >= 0.3 is 0 Å². The molecule has 0 fully saturated rings. The van der Waals surface area contributed by atoms with Crippen molar-refractivity contribution in [2.24, 2.45) is 14.1 Å². The second-order valence-corrected chi connectivity index (χ2v) is 9.42. The van der Waals surface area contributed by atoms with Crippen molar-refractivity contribution in [2.45, 2.75) is 33.1 Å². The number of aromatic nitrogens is 4. The molecule has 0 saturated carbocycles. The maximum Gasteiger partial charge on any atom is 0.287 e. The Labute approximate surface area is 225 Å². The van der Waals surface area contributed by atoms with Crippen LogP contribution in [0.3, 0.4) is 0 Å². The average molecular weight is 541 g/mol. The van der Waals surface area contributed by atoms with Gasteiger partial charge in [-0.15, -0.1) is 0 Å². The van der Waals surface area contributed by atoms with Gasteiger partial charge < -0.3 is 10.6 Å². The molecular formula is C27H30Cl2N6O2. The third-order valence-electron chi connectivity index (χ3n) is 5.62. The number of benzene rings is 2. The number of aryl methyl sites for hydroxylation is 3. The van der Waals surface area contributed by atoms with Gasteiger partial charge in [0.1, 0.15) is 5.02 Å². The van der Waals surface area contributed by atoms with Gasteiger partial charge in [-0.2, -0.15) is 10.2 Å². The molecule has 2 aromatic heterocycles. The lowest BCUT2D eigenvalue weighted by Crippen LogP contribution is -2.20. The van der Waals surface area contributed by atoms with Crippen molar-refractivity contribution < 1.29 is 0 Å². The molecule has 0 spiro atoms. The van der Waals surface area contributed by atoms with E-state index in [0.29, 0.717) is 17.3 Å². The van der Waals surface area contributed by atoms with Gasteiger partial charge in [0.25, 0.3) is 11.1 Å². The standard InChI is InChI=1S/C14H16ClN3O.C13H14ClN3O/c1-9(2)10-4-6-11(7-5-10)16-12-8-13(19)18(3)17-14(12)15;1-3-9-4-6-10(7-5-9)16-11-8-15-17(2)13(18)12(11)14/h4-9,16H,1-3H3;4-8,16H,3H2,1-2H3. The first-order valence-electron chi connectivity index (χ1n) is 11.8. The Morgan fingerprint density at radius 1 is 0.865 bits per heavy atom. The number of anilines is 4. The van der Waals surface area contributed by atoms with Crippen LogP contribution in [0.15, 0.2) is 70.4 Å². The minimum absolute atomic E-state index is 0.145. The summed E-state index contributed by atoms with van der Waals surface area (Å²) in [6, 6.07) is 17.4. The van der Waals surface area contributed by atoms with E-state index >= 15 is 0 Å². The van der Waals surface area contributed by atoms with Gasteiger partial charge in [-0.05, 0) is 47.7 Å². The fourth-order valence-electron chi connectivity index (χ4n) is 3.28. The molecular weight excluding hydrogens is 511 g/mol. The molecule has 2 N–H and O–H groups in total. The van der Waals surface area contributed by atoms with E-state index in [1.807, 2.05) is 36.4 Å². The quantitative estimate of drug-likeness (QED) is 0.309. The van der Waals surface area contributed by atoms with Gasteiger partial charge in [-0.25, -0.2) is 9.36 Å². The first kappa shape index (κ1) is 28.0. The maximum absolute atomic E-state index is 11.6. The van der Waals surface area contributed by atoms with E-state index in [4.69, 9.17) is 23.2 Å². The topological polar surface area (TPSA) is 93.8 Å². The van der Waals surface area contributed by atoms with Crippen LogP contribution in [0.2, 0.25) is 10.2 Å². The summed E-state index contributed by atoms with van der Waals surface area (Å²) in [5, 5.41) is 14.4. The molecule has 4 rings (SSSR count). The van der Waals surface area contributed by atoms with Crippen LogP contribution in [0.5, 0.6) is 0 Å². The predicted molar refractivity (Wildman–Crippen MR) is 152 cm³/mol. The molecule has 0 bridgehead atoms. The third kappa shape index (κ3) is 7.44. The summed E-state index contributed by atoms with van der Waals surface area (Å²) in [5.41, 5.74) is 4.79. The fourth-order valence-corrected chi connectivity index (χ4v) is 3.72. The van der Waals surface area contributed by atoms with Crippen molar-refractivity contribution in [3.05, 3.63) is 103 Å². The van der Waals surface area contributed by atoms with Crippen molar-refractivity contribution in [2.75, 3.05) is 10.6 Å². The summed E-state index contributed by atoms with van der Waals surface area (Å²) in [6.45, 7) is 6.39. The van der Waals surface area contributed by atoms with Crippen molar-refractivity contribution in [3.63, 3.8) is 0 Å². The molecule has 0 unspecified atom stereocenters. The maximum atomic E-state index is 11.6. The van der Waals surface area contributed by atoms with Crippen LogP contribution in [-0.2, 0) is 20.5 Å². The first-order valence-corrected chi connectivity index (χ1v) is 12.5. The molecule has 37 heavy (non-hydrogen) atoms. The van der Waals surface area contributed by atoms with Crippen LogP contribution in [0.1, 0.15) is 37.8 Å². The normalized spacial score (nSPS) is 10.6. The Morgan fingerprint density at radius 2 is 1.43 bits per heavy atom. The van der Waals surface area contributed by atoms with Gasteiger partial charge in [-0.3, -0.25) is 9.59 Å². The van der Waals surface area contributed by atoms with Crippen molar-refractivity contribution >= 4 is 46.0 Å². The summed E-state index contributed by atoms with van der Waals surface area (Å²) in [5.74, 6) is 0.489. The molecule has 2 heterocycles. The second kappa shape index (κ2) is 12.6. The molecule has 0 aliphatic rings. The summed E-state index contributed by atoms with van der Waals surface area (Å²) in [4.78, 5) is 23.1. The zero-order valence-corrected chi connectivity index (χ0v) is 22.9. The lowest BCUT2D eigenvalue weighted by atomic mass is 10.0. The van der Waals surface area contributed by atoms with Crippen LogP contribution >= 0.6 is 23.2 Å². The van der Waals surface area contributed by atoms with Crippen LogP contribution in [-0.4, -0.2) is 19.6 Å². The van der Waals surface area contributed by atoms with Crippen LogP contribution in [0.25, 0.3) is 0 Å². The Morgan fingerprint density at radius 3 is 2.00 bits per heavy atom. The number of halogens is 2. The Balaban J connectivity index is 0.000000206. The summed E-state index contributed by atoms with van der Waals surface area (Å²) >= 11 is 12.0. The van der Waals surface area contributed by atoms with Crippen molar-refractivity contribution in [1.82, 2.24) is 19.6 Å². The van der Waals surface area contributed by atoms with E-state index in [0.717, 1.165) is 17.8 Å². The Bertz CT molecular complexity index is 1460. The van der Waals surface area contributed by atoms with Gasteiger partial charge in [0.15, 0.2) is 5.15 Å². The predicted octanol–water partition coefficient (Wildman–Crippen LogP) is 6.04. The molecule has 0 amide bonds. The highest BCUT2D eigenvalue weighted by Crippen LogP contribution is 2.24. The highest BCUT2D eigenvalue weighted by molar-refractivity contribution is 6.33. The fraction of sp³-hybridized carbons (Fsp3) is 0.259. The lowest BCUT2D eigenvalue weighted by molar-refractivity contribution is 0.709. The van der Waals surface area contributed by atoms with E-state index in [1.54, 1.807) is 14.1 Å². The zero-order valence-electron chi connectivity index (χ0n) is 21.4. The van der Waals surface area contributed by atoms with Gasteiger partial charge in [-0.1, -0.05) is 68.2 Å². The van der Waals surface area contributed by atoms with E-state index < -0.39 is 0 Å². The molecule has 0 radical (unpaired) electrons. The van der Waals surface area contributed by atoms with Gasteiger partial charge in [0.05, 0.1) is 17.6 Å². The smallest absolute Gasteiger partial charge is 0.287 e. The molecule has 4 aromatic rings. The molecule has 2 aromatic carbocycles. The first-order chi connectivity index (χ1) is 17.6. The molecule has 0 atom stereocenters. The number of nitrogens with one attached hydrogen (secondary N) is 2. The molecule has 194 valence electrons. The van der Waals surface area contributed by atoms with Crippen molar-refractivity contribution in [3.8, 4) is 0 Å². The third-order valence-corrected chi connectivity index (χ3v) is 6.27. The number of rotatable bonds is 6. The molecule has 0 aliphatic carbocycles. The summed E-state index contributed by atoms with van der Waals surface area (Å²) < 4.78 is 2.41. The molecule has 0 aliphatic heterocycles. The van der Waals surface area contributed by atoms with E-state index in [1.165, 1.54) is 32.8 Å². The molecule has 10 heteroatoms. The average Bonchev–Trinajstić information content (AvgIpc) is 2.89. The van der Waals surface area contributed by atoms with E-state index in [-0.39, 0.29) is 21.3 Å². The number of hydrogen-bond acceptors (Lipinski definition) is 6. The highest BCUT2D eigenvalue weighted by atomic mass is 35.5.